The number of nitro groups is 1. The van der Waals surface area contributed by atoms with E-state index in [4.69, 9.17) is 4.74 Å². The number of hydrogen-bond acceptors (Lipinski definition) is 5. The molecule has 156 valence electrons. The predicted molar refractivity (Wildman–Crippen MR) is 119 cm³/mol. The van der Waals surface area contributed by atoms with Gasteiger partial charge in [0, 0.05) is 30.9 Å². The van der Waals surface area contributed by atoms with Crippen LogP contribution >= 0.6 is 0 Å². The number of carbonyl (C=O) groups excluding carboxylic acids is 1. The van der Waals surface area contributed by atoms with Gasteiger partial charge in [-0.15, -0.1) is 0 Å². The average molecular weight is 415 g/mol. The third-order valence-corrected chi connectivity index (χ3v) is 5.84. The van der Waals surface area contributed by atoms with Crippen molar-refractivity contribution in [2.24, 2.45) is 0 Å². The normalized spacial score (nSPS) is 14.6. The fraction of sp³-hybridized carbons (Fsp3) is 0.208. The van der Waals surface area contributed by atoms with Gasteiger partial charge >= 0.3 is 0 Å². The van der Waals surface area contributed by atoms with Gasteiger partial charge in [0.25, 0.3) is 11.6 Å². The van der Waals surface area contributed by atoms with Crippen LogP contribution < -0.4 is 10.2 Å². The third-order valence-electron chi connectivity index (χ3n) is 5.84. The number of non-ortho nitro benzene ring substituents is 1. The molecule has 3 aromatic carbocycles. The smallest absolute Gasteiger partial charge is 0.270 e. The van der Waals surface area contributed by atoms with Crippen molar-refractivity contribution in [2.45, 2.75) is 6.42 Å². The Hall–Kier alpha value is -3.71. The number of nitro benzene ring substituents is 1. The van der Waals surface area contributed by atoms with Gasteiger partial charge in [-0.3, -0.25) is 14.9 Å². The fourth-order valence-corrected chi connectivity index (χ4v) is 4.32. The van der Waals surface area contributed by atoms with Gasteiger partial charge in [-0.1, -0.05) is 30.3 Å². The van der Waals surface area contributed by atoms with Gasteiger partial charge in [0.2, 0.25) is 0 Å². The minimum Gasteiger partial charge on any atom is -0.378 e. The molecule has 1 saturated heterocycles. The van der Waals surface area contributed by atoms with Crippen molar-refractivity contribution in [3.63, 3.8) is 0 Å². The fourth-order valence-electron chi connectivity index (χ4n) is 4.32. The lowest BCUT2D eigenvalue weighted by Gasteiger charge is -2.30. The molecule has 0 bridgehead atoms. The Balaban J connectivity index is 1.44. The number of carbonyl (C=O) groups is 1. The van der Waals surface area contributed by atoms with Crippen molar-refractivity contribution in [3.8, 4) is 11.1 Å². The van der Waals surface area contributed by atoms with Gasteiger partial charge < -0.3 is 15.0 Å². The molecule has 7 heteroatoms. The maximum absolute atomic E-state index is 13.2. The molecule has 1 fully saturated rings. The Morgan fingerprint density at radius 2 is 1.74 bits per heavy atom. The number of benzene rings is 3. The summed E-state index contributed by atoms with van der Waals surface area (Å²) in [5.74, 6) is -0.361. The van der Waals surface area contributed by atoms with E-state index in [1.807, 2.05) is 35.2 Å². The molecule has 0 atom stereocenters. The summed E-state index contributed by atoms with van der Waals surface area (Å²) in [6.07, 6.45) is 0.824. The molecule has 0 unspecified atom stereocenters. The highest BCUT2D eigenvalue weighted by Crippen LogP contribution is 2.37. The van der Waals surface area contributed by atoms with Crippen LogP contribution in [-0.4, -0.2) is 37.1 Å². The van der Waals surface area contributed by atoms with Crippen LogP contribution in [0.5, 0.6) is 0 Å². The highest BCUT2D eigenvalue weighted by molar-refractivity contribution is 6.08. The molecule has 1 aliphatic carbocycles. The maximum atomic E-state index is 13.2. The van der Waals surface area contributed by atoms with Crippen molar-refractivity contribution in [3.05, 3.63) is 87.5 Å². The zero-order valence-corrected chi connectivity index (χ0v) is 16.8. The lowest BCUT2D eigenvalue weighted by molar-refractivity contribution is -0.384. The number of nitrogens with one attached hydrogen (secondary N) is 1. The molecule has 1 heterocycles. The summed E-state index contributed by atoms with van der Waals surface area (Å²) in [6.45, 7) is 2.39. The second-order valence-electron chi connectivity index (χ2n) is 7.72. The first-order valence-electron chi connectivity index (χ1n) is 10.2. The van der Waals surface area contributed by atoms with Crippen LogP contribution in [0.15, 0.2) is 60.7 Å². The number of amides is 1. The van der Waals surface area contributed by atoms with E-state index in [2.05, 4.69) is 17.4 Å². The summed E-state index contributed by atoms with van der Waals surface area (Å²) in [5, 5.41) is 14.2. The Labute approximate surface area is 179 Å². The topological polar surface area (TPSA) is 84.7 Å². The van der Waals surface area contributed by atoms with E-state index in [1.165, 1.54) is 28.8 Å². The molecule has 3 aromatic rings. The van der Waals surface area contributed by atoms with E-state index < -0.39 is 4.92 Å². The van der Waals surface area contributed by atoms with E-state index in [0.29, 0.717) is 43.2 Å². The number of rotatable bonds is 4. The Morgan fingerprint density at radius 3 is 2.55 bits per heavy atom. The minimum absolute atomic E-state index is 0.105. The summed E-state index contributed by atoms with van der Waals surface area (Å²) >= 11 is 0. The molecular formula is C24H21N3O4. The third kappa shape index (κ3) is 3.64. The molecule has 2 aliphatic rings. The zero-order chi connectivity index (χ0) is 21.4. The first-order chi connectivity index (χ1) is 15.1. The van der Waals surface area contributed by atoms with Crippen LogP contribution in [0, 0.1) is 10.1 Å². The van der Waals surface area contributed by atoms with Gasteiger partial charge in [-0.25, -0.2) is 0 Å². The van der Waals surface area contributed by atoms with Gasteiger partial charge in [0.15, 0.2) is 0 Å². The van der Waals surface area contributed by atoms with Crippen molar-refractivity contribution in [1.29, 1.82) is 0 Å². The summed E-state index contributed by atoms with van der Waals surface area (Å²) < 4.78 is 5.40. The molecule has 0 aromatic heterocycles. The van der Waals surface area contributed by atoms with Crippen LogP contribution in [-0.2, 0) is 11.2 Å². The molecule has 1 aliphatic heterocycles. The summed E-state index contributed by atoms with van der Waals surface area (Å²) in [7, 11) is 0. The Kier molecular flexibility index (Phi) is 4.88. The first-order valence-corrected chi connectivity index (χ1v) is 10.2. The average Bonchev–Trinajstić information content (AvgIpc) is 3.17. The number of ether oxygens (including phenoxy) is 1. The van der Waals surface area contributed by atoms with Crippen LogP contribution in [0.3, 0.4) is 0 Å². The first kappa shape index (κ1) is 19.3. The summed E-state index contributed by atoms with van der Waals surface area (Å²) in [6, 6.07) is 18.6. The number of morpholine rings is 1. The van der Waals surface area contributed by atoms with Crippen molar-refractivity contribution >= 4 is 23.0 Å². The monoisotopic (exact) mass is 415 g/mol. The SMILES string of the molecule is O=C(Nc1ccc2c(c1)Cc1ccccc1-2)c1cc([N+](=O)[O-])ccc1N1CCOCC1. The largest absolute Gasteiger partial charge is 0.378 e. The van der Waals surface area contributed by atoms with E-state index >= 15 is 0 Å². The van der Waals surface area contributed by atoms with Gasteiger partial charge in [0.1, 0.15) is 0 Å². The molecule has 1 amide bonds. The second kappa shape index (κ2) is 7.85. The van der Waals surface area contributed by atoms with E-state index in [9.17, 15) is 14.9 Å². The summed E-state index contributed by atoms with van der Waals surface area (Å²) in [5.41, 5.74) is 6.38. The van der Waals surface area contributed by atoms with Gasteiger partial charge in [-0.05, 0) is 46.9 Å². The van der Waals surface area contributed by atoms with Crippen molar-refractivity contribution in [1.82, 2.24) is 0 Å². The van der Waals surface area contributed by atoms with Crippen molar-refractivity contribution in [2.75, 3.05) is 36.5 Å². The Morgan fingerprint density at radius 1 is 0.968 bits per heavy atom. The lowest BCUT2D eigenvalue weighted by Crippen LogP contribution is -2.37. The highest BCUT2D eigenvalue weighted by Gasteiger charge is 2.23. The quantitative estimate of drug-likeness (QED) is 0.398. The number of fused-ring (bicyclic) bond motifs is 3. The van der Waals surface area contributed by atoms with Crippen LogP contribution in [0.4, 0.5) is 17.1 Å². The van der Waals surface area contributed by atoms with E-state index in [-0.39, 0.29) is 11.6 Å². The number of hydrogen-bond donors (Lipinski definition) is 1. The number of anilines is 2. The predicted octanol–water partition coefficient (Wildman–Crippen LogP) is 4.25. The second-order valence-corrected chi connectivity index (χ2v) is 7.72. The molecule has 5 rings (SSSR count). The van der Waals surface area contributed by atoms with Crippen molar-refractivity contribution < 1.29 is 14.5 Å². The van der Waals surface area contributed by atoms with E-state index in [1.54, 1.807) is 6.07 Å². The molecule has 0 saturated carbocycles. The standard InChI is InChI=1S/C24H21N3O4/c28-24(22-15-19(27(29)30)6-8-23(22)26-9-11-31-12-10-26)25-18-5-7-21-17(14-18)13-16-3-1-2-4-20(16)21/h1-8,14-15H,9-13H2,(H,25,28). The molecule has 7 nitrogen and oxygen atoms in total. The highest BCUT2D eigenvalue weighted by atomic mass is 16.6. The maximum Gasteiger partial charge on any atom is 0.270 e. The molecule has 0 spiro atoms. The molecule has 0 radical (unpaired) electrons. The summed E-state index contributed by atoms with van der Waals surface area (Å²) in [4.78, 5) is 26.0. The van der Waals surface area contributed by atoms with Gasteiger partial charge in [0.05, 0.1) is 29.4 Å². The minimum atomic E-state index is -0.480. The van der Waals surface area contributed by atoms with Crippen LogP contribution in [0.1, 0.15) is 21.5 Å². The number of nitrogens with zero attached hydrogens (tertiary/aromatic N) is 2. The zero-order valence-electron chi connectivity index (χ0n) is 16.8. The lowest BCUT2D eigenvalue weighted by atomic mass is 10.1. The van der Waals surface area contributed by atoms with Crippen LogP contribution in [0.25, 0.3) is 11.1 Å². The molecule has 1 N–H and O–H groups in total. The molecule has 31 heavy (non-hydrogen) atoms. The van der Waals surface area contributed by atoms with E-state index in [0.717, 1.165) is 12.0 Å². The van der Waals surface area contributed by atoms with Gasteiger partial charge in [-0.2, -0.15) is 0 Å². The Bertz CT molecular complexity index is 1190. The molecular weight excluding hydrogens is 394 g/mol. The van der Waals surface area contributed by atoms with Crippen LogP contribution in [0.2, 0.25) is 0 Å².